The Bertz CT molecular complexity index is 840. The summed E-state index contributed by atoms with van der Waals surface area (Å²) in [5, 5.41) is -0.560. The van der Waals surface area contributed by atoms with Crippen molar-refractivity contribution >= 4 is 11.6 Å². The van der Waals surface area contributed by atoms with Crippen molar-refractivity contribution in [2.45, 2.75) is 57.8 Å². The van der Waals surface area contributed by atoms with Crippen LogP contribution in [0.5, 0.6) is 0 Å². The van der Waals surface area contributed by atoms with E-state index >= 15 is 0 Å². The summed E-state index contributed by atoms with van der Waals surface area (Å²) in [5.41, 5.74) is 1.38. The fourth-order valence-corrected chi connectivity index (χ4v) is 5.50. The molecule has 0 saturated heterocycles. The first-order valence-electron chi connectivity index (χ1n) is 10.4. The second kappa shape index (κ2) is 8.10. The van der Waals surface area contributed by atoms with Crippen LogP contribution in [0.3, 0.4) is 0 Å². The van der Waals surface area contributed by atoms with Gasteiger partial charge in [-0.3, -0.25) is 0 Å². The molecule has 28 heavy (non-hydrogen) atoms. The topological polar surface area (TPSA) is 0 Å². The SMILES string of the molecule is CCC1CCC2CC(c3ccc(-c4cc(F)c(Cl)c(F)c4)c(F)c3)CCC2C1. The molecule has 4 atom stereocenters. The predicted molar refractivity (Wildman–Crippen MR) is 108 cm³/mol. The molecule has 0 spiro atoms. The first-order valence-corrected chi connectivity index (χ1v) is 10.8. The molecular weight excluding hydrogens is 381 g/mol. The molecule has 2 fully saturated rings. The quantitative estimate of drug-likeness (QED) is 0.451. The van der Waals surface area contributed by atoms with E-state index in [0.717, 1.165) is 48.3 Å². The highest BCUT2D eigenvalue weighted by Gasteiger charge is 2.35. The number of hydrogen-bond acceptors (Lipinski definition) is 0. The second-order valence-corrected chi connectivity index (χ2v) is 8.99. The Kier molecular flexibility index (Phi) is 5.73. The molecule has 0 amide bonds. The summed E-state index contributed by atoms with van der Waals surface area (Å²) < 4.78 is 42.3. The average Bonchev–Trinajstić information content (AvgIpc) is 2.70. The number of halogens is 4. The van der Waals surface area contributed by atoms with Gasteiger partial charge in [0.2, 0.25) is 0 Å². The van der Waals surface area contributed by atoms with Gasteiger partial charge < -0.3 is 0 Å². The molecule has 2 aromatic rings. The highest BCUT2D eigenvalue weighted by Crippen LogP contribution is 2.48. The molecule has 0 bridgehead atoms. The number of benzene rings is 2. The van der Waals surface area contributed by atoms with Gasteiger partial charge in [-0.15, -0.1) is 0 Å². The fourth-order valence-electron chi connectivity index (χ4n) is 5.39. The Morgan fingerprint density at radius 1 is 0.857 bits per heavy atom. The Morgan fingerprint density at radius 2 is 1.54 bits per heavy atom. The Hall–Kier alpha value is -1.48. The van der Waals surface area contributed by atoms with E-state index in [4.69, 9.17) is 11.6 Å². The molecule has 2 saturated carbocycles. The average molecular weight is 407 g/mol. The van der Waals surface area contributed by atoms with Crippen molar-refractivity contribution in [2.24, 2.45) is 17.8 Å². The van der Waals surface area contributed by atoms with Crippen molar-refractivity contribution in [3.05, 3.63) is 58.4 Å². The summed E-state index contributed by atoms with van der Waals surface area (Å²) in [7, 11) is 0. The lowest BCUT2D eigenvalue weighted by molar-refractivity contribution is 0.116. The maximum atomic E-state index is 14.8. The largest absolute Gasteiger partial charge is 0.206 e. The lowest BCUT2D eigenvalue weighted by Gasteiger charge is -2.42. The Morgan fingerprint density at radius 3 is 2.21 bits per heavy atom. The van der Waals surface area contributed by atoms with Crippen LogP contribution in [0, 0.1) is 35.2 Å². The van der Waals surface area contributed by atoms with E-state index < -0.39 is 22.5 Å². The molecular formula is C24H26ClF3. The fraction of sp³-hybridized carbons (Fsp3) is 0.500. The summed E-state index contributed by atoms with van der Waals surface area (Å²) in [6.07, 6.45) is 8.71. The first-order chi connectivity index (χ1) is 13.5. The molecule has 2 aliphatic carbocycles. The minimum Gasteiger partial charge on any atom is -0.206 e. The van der Waals surface area contributed by atoms with Gasteiger partial charge >= 0.3 is 0 Å². The third-order valence-electron chi connectivity index (χ3n) is 7.06. The van der Waals surface area contributed by atoms with Crippen LogP contribution in [0.4, 0.5) is 13.2 Å². The van der Waals surface area contributed by atoms with E-state index in [1.54, 1.807) is 12.1 Å². The summed E-state index contributed by atoms with van der Waals surface area (Å²) in [4.78, 5) is 0. The van der Waals surface area contributed by atoms with E-state index in [0.29, 0.717) is 5.92 Å². The van der Waals surface area contributed by atoms with Crippen molar-refractivity contribution in [3.63, 3.8) is 0 Å². The van der Waals surface area contributed by atoms with Gasteiger partial charge in [0, 0.05) is 5.56 Å². The van der Waals surface area contributed by atoms with Crippen molar-refractivity contribution in [3.8, 4) is 11.1 Å². The van der Waals surface area contributed by atoms with E-state index in [-0.39, 0.29) is 11.1 Å². The smallest absolute Gasteiger partial charge is 0.145 e. The van der Waals surface area contributed by atoms with Crippen LogP contribution in [0.15, 0.2) is 30.3 Å². The molecule has 0 radical (unpaired) electrons. The molecule has 4 heteroatoms. The number of fused-ring (bicyclic) bond motifs is 1. The molecule has 0 aromatic heterocycles. The van der Waals surface area contributed by atoms with E-state index in [1.165, 1.54) is 32.1 Å². The van der Waals surface area contributed by atoms with Crippen LogP contribution in [0.2, 0.25) is 5.02 Å². The molecule has 0 N–H and O–H groups in total. The summed E-state index contributed by atoms with van der Waals surface area (Å²) in [5.74, 6) is 0.664. The number of hydrogen-bond donors (Lipinski definition) is 0. The molecule has 4 rings (SSSR count). The molecule has 150 valence electrons. The van der Waals surface area contributed by atoms with Gasteiger partial charge in [-0.2, -0.15) is 0 Å². The molecule has 0 heterocycles. The normalized spacial score (nSPS) is 27.5. The standard InChI is InChI=1S/C24H26ClF3/c1-2-14-3-4-16-10-17(6-5-15(16)9-14)18-7-8-20(21(26)11-18)19-12-22(27)24(25)23(28)13-19/h7-8,11-17H,2-6,9-10H2,1H3. The van der Waals surface area contributed by atoms with Crippen molar-refractivity contribution < 1.29 is 13.2 Å². The van der Waals surface area contributed by atoms with Crippen LogP contribution in [-0.4, -0.2) is 0 Å². The molecule has 0 aliphatic heterocycles. The van der Waals surface area contributed by atoms with Gasteiger partial charge in [0.15, 0.2) is 0 Å². The van der Waals surface area contributed by atoms with Crippen molar-refractivity contribution in [2.75, 3.05) is 0 Å². The monoisotopic (exact) mass is 406 g/mol. The van der Waals surface area contributed by atoms with Gasteiger partial charge in [-0.25, -0.2) is 13.2 Å². The van der Waals surface area contributed by atoms with Crippen molar-refractivity contribution in [1.82, 2.24) is 0 Å². The predicted octanol–water partition coefficient (Wildman–Crippen LogP) is 8.13. The summed E-state index contributed by atoms with van der Waals surface area (Å²) >= 11 is 5.53. The van der Waals surface area contributed by atoms with Crippen LogP contribution in [0.25, 0.3) is 11.1 Å². The van der Waals surface area contributed by atoms with Crippen LogP contribution in [-0.2, 0) is 0 Å². The lowest BCUT2D eigenvalue weighted by Crippen LogP contribution is -2.30. The zero-order valence-corrected chi connectivity index (χ0v) is 16.9. The van der Waals surface area contributed by atoms with Gasteiger partial charge in [-0.1, -0.05) is 43.5 Å². The summed E-state index contributed by atoms with van der Waals surface area (Å²) in [6, 6.07) is 7.29. The van der Waals surface area contributed by atoms with Crippen molar-refractivity contribution in [1.29, 1.82) is 0 Å². The highest BCUT2D eigenvalue weighted by molar-refractivity contribution is 6.31. The van der Waals surface area contributed by atoms with Gasteiger partial charge in [-0.05, 0) is 85.1 Å². The number of rotatable bonds is 3. The van der Waals surface area contributed by atoms with Crippen LogP contribution in [0.1, 0.15) is 63.4 Å². The minimum atomic E-state index is -0.874. The molecule has 0 nitrogen and oxygen atoms in total. The maximum absolute atomic E-state index is 14.8. The third-order valence-corrected chi connectivity index (χ3v) is 7.42. The zero-order valence-electron chi connectivity index (χ0n) is 16.2. The third kappa shape index (κ3) is 3.83. The van der Waals surface area contributed by atoms with Gasteiger partial charge in [0.05, 0.1) is 0 Å². The Balaban J connectivity index is 1.53. The minimum absolute atomic E-state index is 0.171. The first kappa shape index (κ1) is 19.8. The zero-order chi connectivity index (χ0) is 19.8. The second-order valence-electron chi connectivity index (χ2n) is 8.61. The molecule has 2 aliphatic rings. The summed E-state index contributed by atoms with van der Waals surface area (Å²) in [6.45, 7) is 2.29. The lowest BCUT2D eigenvalue weighted by atomic mass is 9.63. The van der Waals surface area contributed by atoms with Crippen LogP contribution >= 0.6 is 11.6 Å². The van der Waals surface area contributed by atoms with E-state index in [2.05, 4.69) is 6.92 Å². The van der Waals surface area contributed by atoms with Gasteiger partial charge in [0.25, 0.3) is 0 Å². The van der Waals surface area contributed by atoms with E-state index in [9.17, 15) is 13.2 Å². The highest BCUT2D eigenvalue weighted by atomic mass is 35.5. The van der Waals surface area contributed by atoms with Crippen LogP contribution < -0.4 is 0 Å². The van der Waals surface area contributed by atoms with E-state index in [1.807, 2.05) is 6.07 Å². The molecule has 2 aromatic carbocycles. The molecule has 4 unspecified atom stereocenters. The maximum Gasteiger partial charge on any atom is 0.145 e. The Labute approximate surface area is 170 Å². The van der Waals surface area contributed by atoms with Gasteiger partial charge in [0.1, 0.15) is 22.5 Å².